The van der Waals surface area contributed by atoms with Gasteiger partial charge in [-0.15, -0.1) is 0 Å². The lowest BCUT2D eigenvalue weighted by Gasteiger charge is -2.31. The average Bonchev–Trinajstić information content (AvgIpc) is 3.09. The van der Waals surface area contributed by atoms with Crippen molar-refractivity contribution in [3.05, 3.63) is 46.8 Å². The van der Waals surface area contributed by atoms with Gasteiger partial charge in [-0.1, -0.05) is 0 Å². The minimum Gasteiger partial charge on any atom is -0.462 e. The van der Waals surface area contributed by atoms with Crippen molar-refractivity contribution in [2.24, 2.45) is 5.92 Å². The molecule has 1 aliphatic rings. The van der Waals surface area contributed by atoms with E-state index in [2.05, 4.69) is 5.32 Å². The number of ketones is 1. The highest BCUT2D eigenvalue weighted by atomic mass is 32.2. The van der Waals surface area contributed by atoms with Crippen LogP contribution < -0.4 is 5.32 Å². The van der Waals surface area contributed by atoms with E-state index in [1.807, 2.05) is 6.92 Å². The van der Waals surface area contributed by atoms with Crippen LogP contribution in [0, 0.1) is 19.8 Å². The van der Waals surface area contributed by atoms with E-state index in [1.165, 1.54) is 11.2 Å². The summed E-state index contributed by atoms with van der Waals surface area (Å²) in [5.74, 6) is -1.57. The van der Waals surface area contributed by atoms with Crippen LogP contribution >= 0.6 is 0 Å². The van der Waals surface area contributed by atoms with Gasteiger partial charge in [-0.3, -0.25) is 9.59 Å². The van der Waals surface area contributed by atoms with Crippen LogP contribution in [0.15, 0.2) is 29.2 Å². The van der Waals surface area contributed by atoms with Crippen LogP contribution in [0.1, 0.15) is 65.7 Å². The molecule has 1 aromatic carbocycles. The minimum atomic E-state index is -4.06. The Morgan fingerprint density at radius 1 is 1.09 bits per heavy atom. The van der Waals surface area contributed by atoms with E-state index in [0.29, 0.717) is 42.0 Å². The molecular formula is C25H33N3O6S. The van der Waals surface area contributed by atoms with Crippen molar-refractivity contribution >= 4 is 33.4 Å². The molecule has 10 heteroatoms. The molecule has 0 spiro atoms. The van der Waals surface area contributed by atoms with Crippen LogP contribution in [0.3, 0.4) is 0 Å². The van der Waals surface area contributed by atoms with Crippen molar-refractivity contribution in [3.8, 4) is 0 Å². The van der Waals surface area contributed by atoms with Gasteiger partial charge in [-0.2, -0.15) is 4.31 Å². The first-order valence-corrected chi connectivity index (χ1v) is 13.3. The highest BCUT2D eigenvalue weighted by molar-refractivity contribution is 7.89. The second-order valence-corrected chi connectivity index (χ2v) is 10.5. The zero-order valence-corrected chi connectivity index (χ0v) is 21.7. The number of anilines is 1. The monoisotopic (exact) mass is 503 g/mol. The van der Waals surface area contributed by atoms with Gasteiger partial charge in [0.1, 0.15) is 10.5 Å². The molecule has 1 amide bonds. The van der Waals surface area contributed by atoms with Gasteiger partial charge in [-0.05, 0) is 71.7 Å². The third kappa shape index (κ3) is 5.33. The zero-order chi connectivity index (χ0) is 25.9. The molecule has 2 aromatic rings. The van der Waals surface area contributed by atoms with Crippen LogP contribution in [0.25, 0.3) is 0 Å². The van der Waals surface area contributed by atoms with Crippen molar-refractivity contribution in [1.29, 1.82) is 0 Å². The van der Waals surface area contributed by atoms with Gasteiger partial charge in [-0.25, -0.2) is 13.2 Å². The predicted molar refractivity (Wildman–Crippen MR) is 132 cm³/mol. The van der Waals surface area contributed by atoms with Gasteiger partial charge >= 0.3 is 5.97 Å². The number of amides is 1. The van der Waals surface area contributed by atoms with Crippen molar-refractivity contribution in [2.75, 3.05) is 25.0 Å². The van der Waals surface area contributed by atoms with E-state index in [4.69, 9.17) is 4.74 Å². The number of carbonyl (C=O) groups is 3. The van der Waals surface area contributed by atoms with Crippen molar-refractivity contribution in [2.45, 2.75) is 58.9 Å². The molecule has 1 N–H and O–H groups in total. The summed E-state index contributed by atoms with van der Waals surface area (Å²) in [6.07, 6.45) is 1.06. The largest absolute Gasteiger partial charge is 0.462 e. The standard InChI is InChI=1S/C25H33N3O6S/c1-6-28-16(3)22(25(31)34-7-2)23(17(28)4)35(32,33)27-14-8-9-20(15-27)24(30)26-21-12-10-19(11-13-21)18(5)29/h10-13,20H,6-9,14-15H2,1-5H3,(H,26,30)/t20-/m1/s1. The molecule has 35 heavy (non-hydrogen) atoms. The Bertz CT molecular complexity index is 1230. The number of esters is 1. The van der Waals surface area contributed by atoms with Crippen LogP contribution in [0.5, 0.6) is 0 Å². The number of nitrogens with one attached hydrogen (secondary N) is 1. The predicted octanol–water partition coefficient (Wildman–Crippen LogP) is 3.54. The number of aromatic nitrogens is 1. The maximum absolute atomic E-state index is 13.8. The number of ether oxygens (including phenoxy) is 1. The molecule has 1 fully saturated rings. The Hall–Kier alpha value is -2.98. The first-order chi connectivity index (χ1) is 16.5. The molecule has 9 nitrogen and oxygen atoms in total. The van der Waals surface area contributed by atoms with Gasteiger partial charge in [0.2, 0.25) is 15.9 Å². The smallest absolute Gasteiger partial charge is 0.341 e. The fraction of sp³-hybridized carbons (Fsp3) is 0.480. The number of carbonyl (C=O) groups excluding carboxylic acids is 3. The second-order valence-electron chi connectivity index (χ2n) is 8.66. The Balaban J connectivity index is 1.87. The SMILES string of the molecule is CCOC(=O)c1c(S(=O)(=O)N2CCC[C@@H](C(=O)Nc3ccc(C(C)=O)cc3)C2)c(C)n(CC)c1C. The highest BCUT2D eigenvalue weighted by Crippen LogP contribution is 2.33. The topological polar surface area (TPSA) is 115 Å². The normalized spacial score (nSPS) is 16.7. The second kappa shape index (κ2) is 10.7. The fourth-order valence-electron chi connectivity index (χ4n) is 4.62. The van der Waals surface area contributed by atoms with Crippen molar-refractivity contribution in [1.82, 2.24) is 8.87 Å². The lowest BCUT2D eigenvalue weighted by atomic mass is 9.98. The minimum absolute atomic E-state index is 0.0117. The Morgan fingerprint density at radius 2 is 1.74 bits per heavy atom. The van der Waals surface area contributed by atoms with Crippen molar-refractivity contribution in [3.63, 3.8) is 0 Å². The first kappa shape index (κ1) is 26.6. The van der Waals surface area contributed by atoms with Crippen LogP contribution in [-0.4, -0.2) is 54.6 Å². The number of hydrogen-bond donors (Lipinski definition) is 1. The summed E-state index contributed by atoms with van der Waals surface area (Å²) in [7, 11) is -4.06. The Kier molecular flexibility index (Phi) is 8.17. The third-order valence-corrected chi connectivity index (χ3v) is 8.46. The molecule has 2 heterocycles. The summed E-state index contributed by atoms with van der Waals surface area (Å²) in [4.78, 5) is 37.1. The molecule has 0 bridgehead atoms. The van der Waals surface area contributed by atoms with Crippen LogP contribution in [0.4, 0.5) is 5.69 Å². The number of nitrogens with zero attached hydrogens (tertiary/aromatic N) is 2. The molecule has 190 valence electrons. The van der Waals surface area contributed by atoms with E-state index < -0.39 is 21.9 Å². The summed E-state index contributed by atoms with van der Waals surface area (Å²) >= 11 is 0. The number of sulfonamides is 1. The number of rotatable bonds is 8. The lowest BCUT2D eigenvalue weighted by molar-refractivity contribution is -0.120. The van der Waals surface area contributed by atoms with Crippen molar-refractivity contribution < 1.29 is 27.5 Å². The molecule has 1 atom stereocenters. The number of hydrogen-bond acceptors (Lipinski definition) is 6. The number of Topliss-reactive ketones (excluding diaryl/α,β-unsaturated/α-hetero) is 1. The molecule has 0 radical (unpaired) electrons. The molecule has 1 saturated heterocycles. The van der Waals surface area contributed by atoms with E-state index in [1.54, 1.807) is 49.6 Å². The van der Waals surface area contributed by atoms with Gasteiger partial charge in [0, 0.05) is 42.3 Å². The van der Waals surface area contributed by atoms with Crippen LogP contribution in [-0.2, 0) is 26.1 Å². The van der Waals surface area contributed by atoms with Gasteiger partial charge < -0.3 is 14.6 Å². The maximum atomic E-state index is 13.8. The van der Waals surface area contributed by atoms with Crippen LogP contribution in [0.2, 0.25) is 0 Å². The Morgan fingerprint density at radius 3 is 2.31 bits per heavy atom. The lowest BCUT2D eigenvalue weighted by Crippen LogP contribution is -2.44. The zero-order valence-electron chi connectivity index (χ0n) is 20.9. The first-order valence-electron chi connectivity index (χ1n) is 11.8. The molecule has 1 aromatic heterocycles. The van der Waals surface area contributed by atoms with Gasteiger partial charge in [0.25, 0.3) is 0 Å². The molecule has 3 rings (SSSR count). The molecular weight excluding hydrogens is 470 g/mol. The van der Waals surface area contributed by atoms with Gasteiger partial charge in [0.15, 0.2) is 5.78 Å². The highest BCUT2D eigenvalue weighted by Gasteiger charge is 2.39. The van der Waals surface area contributed by atoms with E-state index in [-0.39, 0.29) is 41.8 Å². The maximum Gasteiger partial charge on any atom is 0.341 e. The third-order valence-electron chi connectivity index (χ3n) is 6.43. The molecule has 0 saturated carbocycles. The summed E-state index contributed by atoms with van der Waals surface area (Å²) < 4.78 is 35.8. The average molecular weight is 504 g/mol. The summed E-state index contributed by atoms with van der Waals surface area (Å²) in [5.41, 5.74) is 2.16. The number of benzene rings is 1. The van der Waals surface area contributed by atoms with E-state index in [0.717, 1.165) is 0 Å². The fourth-order valence-corrected chi connectivity index (χ4v) is 6.60. The molecule has 1 aliphatic heterocycles. The van der Waals surface area contributed by atoms with Gasteiger partial charge in [0.05, 0.1) is 12.5 Å². The summed E-state index contributed by atoms with van der Waals surface area (Å²) in [6, 6.07) is 6.57. The number of piperidine rings is 1. The molecule has 0 unspecified atom stereocenters. The quantitative estimate of drug-likeness (QED) is 0.435. The Labute approximate surface area is 206 Å². The summed E-state index contributed by atoms with van der Waals surface area (Å²) in [5, 5.41) is 2.82. The molecule has 0 aliphatic carbocycles. The van der Waals surface area contributed by atoms with E-state index in [9.17, 15) is 22.8 Å². The van der Waals surface area contributed by atoms with E-state index >= 15 is 0 Å². The summed E-state index contributed by atoms with van der Waals surface area (Å²) in [6.45, 7) is 9.34.